The maximum atomic E-state index is 9.19. The van der Waals surface area contributed by atoms with Crippen LogP contribution in [0.1, 0.15) is 58.2 Å². The number of benzene rings is 1. The number of imidazole rings is 1. The van der Waals surface area contributed by atoms with Crippen molar-refractivity contribution in [3.63, 3.8) is 0 Å². The number of unbranched alkanes of at least 4 members (excludes halogenated alkanes) is 2. The summed E-state index contributed by atoms with van der Waals surface area (Å²) in [5.74, 6) is 1.06. The molecule has 0 aliphatic carbocycles. The smallest absolute Gasteiger partial charge is 0.109 e. The van der Waals surface area contributed by atoms with Crippen LogP contribution in [-0.4, -0.2) is 45.8 Å². The Morgan fingerprint density at radius 2 is 1.73 bits per heavy atom. The molecule has 146 valence electrons. The second kappa shape index (κ2) is 11.6. The lowest BCUT2D eigenvalue weighted by Crippen LogP contribution is -2.28. The van der Waals surface area contributed by atoms with Crippen molar-refractivity contribution in [2.75, 3.05) is 26.2 Å². The molecule has 1 heterocycles. The van der Waals surface area contributed by atoms with Crippen LogP contribution in [0.3, 0.4) is 0 Å². The lowest BCUT2D eigenvalue weighted by Gasteiger charge is -2.22. The molecule has 4 nitrogen and oxygen atoms in total. The first-order valence-electron chi connectivity index (χ1n) is 10.2. The van der Waals surface area contributed by atoms with E-state index in [4.69, 9.17) is 16.6 Å². The van der Waals surface area contributed by atoms with Gasteiger partial charge in [-0.15, -0.1) is 0 Å². The molecule has 0 unspecified atom stereocenters. The molecule has 0 aliphatic rings. The molecule has 26 heavy (non-hydrogen) atoms. The molecule has 1 aromatic heterocycles. The summed E-state index contributed by atoms with van der Waals surface area (Å²) in [5.41, 5.74) is 2.11. The van der Waals surface area contributed by atoms with E-state index in [9.17, 15) is 5.11 Å². The second-order valence-corrected chi connectivity index (χ2v) is 7.48. The van der Waals surface area contributed by atoms with E-state index in [1.807, 2.05) is 12.1 Å². The average Bonchev–Trinajstić information content (AvgIpc) is 2.98. The Hall–Kier alpha value is -1.10. The zero-order chi connectivity index (χ0) is 18.8. The Morgan fingerprint density at radius 3 is 2.38 bits per heavy atom. The van der Waals surface area contributed by atoms with E-state index in [0.29, 0.717) is 0 Å². The molecule has 0 aliphatic heterocycles. The number of aryl methyl sites for hydroxylation is 2. The number of hydrogen-bond acceptors (Lipinski definition) is 3. The van der Waals surface area contributed by atoms with Crippen LogP contribution >= 0.6 is 11.6 Å². The van der Waals surface area contributed by atoms with Crippen molar-refractivity contribution in [2.45, 2.75) is 65.3 Å². The summed E-state index contributed by atoms with van der Waals surface area (Å²) in [7, 11) is 0. The maximum Gasteiger partial charge on any atom is 0.109 e. The van der Waals surface area contributed by atoms with Gasteiger partial charge >= 0.3 is 0 Å². The predicted octanol–water partition coefficient (Wildman–Crippen LogP) is 4.91. The molecule has 5 heteroatoms. The monoisotopic (exact) mass is 379 g/mol. The van der Waals surface area contributed by atoms with Crippen molar-refractivity contribution in [2.24, 2.45) is 0 Å². The van der Waals surface area contributed by atoms with Crippen molar-refractivity contribution in [3.05, 3.63) is 29.0 Å². The van der Waals surface area contributed by atoms with Crippen LogP contribution in [0.2, 0.25) is 5.02 Å². The molecular weight excluding hydrogens is 346 g/mol. The molecule has 0 atom stereocenters. The fourth-order valence-corrected chi connectivity index (χ4v) is 3.55. The number of aliphatic hydroxyl groups is 1. The summed E-state index contributed by atoms with van der Waals surface area (Å²) in [6.07, 6.45) is 7.72. The molecular formula is C21H34ClN3O. The number of aromatic nitrogens is 2. The van der Waals surface area contributed by atoms with Crippen LogP contribution in [0.4, 0.5) is 0 Å². The number of hydrogen-bond donors (Lipinski definition) is 1. The van der Waals surface area contributed by atoms with Gasteiger partial charge in [-0.1, -0.05) is 38.3 Å². The lowest BCUT2D eigenvalue weighted by atomic mass is 10.2. The topological polar surface area (TPSA) is 41.3 Å². The van der Waals surface area contributed by atoms with E-state index in [-0.39, 0.29) is 6.61 Å². The fourth-order valence-electron chi connectivity index (χ4n) is 3.38. The summed E-state index contributed by atoms with van der Waals surface area (Å²) in [4.78, 5) is 7.37. The molecule has 0 bridgehead atoms. The highest BCUT2D eigenvalue weighted by Crippen LogP contribution is 2.22. The van der Waals surface area contributed by atoms with Gasteiger partial charge in [-0.25, -0.2) is 4.98 Å². The molecule has 0 amide bonds. The minimum absolute atomic E-state index is 0.200. The molecule has 0 saturated heterocycles. The number of aliphatic hydroxyl groups excluding tert-OH is 1. The number of nitrogens with zero attached hydrogens (tertiary/aromatic N) is 3. The van der Waals surface area contributed by atoms with E-state index < -0.39 is 0 Å². The number of halogens is 1. The Morgan fingerprint density at radius 1 is 1.04 bits per heavy atom. The van der Waals surface area contributed by atoms with Gasteiger partial charge in [0.25, 0.3) is 0 Å². The molecule has 0 spiro atoms. The highest BCUT2D eigenvalue weighted by Gasteiger charge is 2.12. The molecule has 0 fully saturated rings. The molecule has 2 aromatic rings. The van der Waals surface area contributed by atoms with Gasteiger partial charge in [-0.05, 0) is 63.5 Å². The first-order valence-corrected chi connectivity index (χ1v) is 10.5. The van der Waals surface area contributed by atoms with Crippen molar-refractivity contribution in [1.82, 2.24) is 14.5 Å². The molecule has 0 radical (unpaired) electrons. The van der Waals surface area contributed by atoms with Gasteiger partial charge in [-0.3, -0.25) is 0 Å². The van der Waals surface area contributed by atoms with Crippen molar-refractivity contribution in [3.8, 4) is 0 Å². The SMILES string of the molecule is CCCCN(CCCC)CCCn1c(CCCO)nc2cc(Cl)ccc21. The first kappa shape index (κ1) is 21.2. The van der Waals surface area contributed by atoms with Crippen LogP contribution in [0.25, 0.3) is 11.0 Å². The minimum atomic E-state index is 0.200. The Balaban J connectivity index is 2.05. The largest absolute Gasteiger partial charge is 0.396 e. The highest BCUT2D eigenvalue weighted by molar-refractivity contribution is 6.31. The summed E-state index contributed by atoms with van der Waals surface area (Å²) >= 11 is 6.13. The Kier molecular flexibility index (Phi) is 9.44. The van der Waals surface area contributed by atoms with Gasteiger partial charge in [-0.2, -0.15) is 0 Å². The number of rotatable bonds is 13. The normalized spacial score (nSPS) is 11.7. The van der Waals surface area contributed by atoms with Crippen molar-refractivity contribution < 1.29 is 5.11 Å². The van der Waals surface area contributed by atoms with Crippen LogP contribution in [0, 0.1) is 0 Å². The van der Waals surface area contributed by atoms with Gasteiger partial charge in [0.1, 0.15) is 5.82 Å². The van der Waals surface area contributed by atoms with E-state index >= 15 is 0 Å². The van der Waals surface area contributed by atoms with Gasteiger partial charge in [0.2, 0.25) is 0 Å². The van der Waals surface area contributed by atoms with Gasteiger partial charge in [0.05, 0.1) is 11.0 Å². The zero-order valence-electron chi connectivity index (χ0n) is 16.4. The standard InChI is InChI=1S/C21H34ClN3O/c1-3-5-12-24(13-6-4-2)14-8-15-25-20-11-10-18(22)17-19(20)23-21(25)9-7-16-26/h10-11,17,26H,3-9,12-16H2,1-2H3. The van der Waals surface area contributed by atoms with Crippen LogP contribution < -0.4 is 0 Å². The lowest BCUT2D eigenvalue weighted by molar-refractivity contribution is 0.257. The third-order valence-electron chi connectivity index (χ3n) is 4.86. The molecule has 1 aromatic carbocycles. The Bertz CT molecular complexity index is 648. The van der Waals surface area contributed by atoms with Gasteiger partial charge < -0.3 is 14.6 Å². The van der Waals surface area contributed by atoms with Crippen LogP contribution in [0.5, 0.6) is 0 Å². The third kappa shape index (κ3) is 6.26. The van der Waals surface area contributed by atoms with Gasteiger partial charge in [0, 0.05) is 24.6 Å². The summed E-state index contributed by atoms with van der Waals surface area (Å²) < 4.78 is 2.32. The highest BCUT2D eigenvalue weighted by atomic mass is 35.5. The van der Waals surface area contributed by atoms with E-state index in [1.165, 1.54) is 38.8 Å². The quantitative estimate of drug-likeness (QED) is 0.537. The summed E-state index contributed by atoms with van der Waals surface area (Å²) in [6, 6.07) is 5.94. The third-order valence-corrected chi connectivity index (χ3v) is 5.09. The molecule has 0 saturated carbocycles. The summed E-state index contributed by atoms with van der Waals surface area (Å²) in [6.45, 7) is 9.22. The van der Waals surface area contributed by atoms with E-state index in [0.717, 1.165) is 54.2 Å². The zero-order valence-corrected chi connectivity index (χ0v) is 17.1. The maximum absolute atomic E-state index is 9.19. The average molecular weight is 380 g/mol. The molecule has 2 rings (SSSR count). The second-order valence-electron chi connectivity index (χ2n) is 7.04. The van der Waals surface area contributed by atoms with Crippen LogP contribution in [0.15, 0.2) is 18.2 Å². The van der Waals surface area contributed by atoms with E-state index in [1.54, 1.807) is 0 Å². The van der Waals surface area contributed by atoms with Gasteiger partial charge in [0.15, 0.2) is 0 Å². The van der Waals surface area contributed by atoms with Crippen molar-refractivity contribution >= 4 is 22.6 Å². The minimum Gasteiger partial charge on any atom is -0.396 e. The summed E-state index contributed by atoms with van der Waals surface area (Å²) in [5, 5.41) is 9.91. The number of fused-ring (bicyclic) bond motifs is 1. The first-order chi connectivity index (χ1) is 12.7. The van der Waals surface area contributed by atoms with E-state index in [2.05, 4.69) is 29.4 Å². The fraction of sp³-hybridized carbons (Fsp3) is 0.667. The predicted molar refractivity (Wildman–Crippen MR) is 111 cm³/mol. The molecule has 1 N–H and O–H groups in total. The van der Waals surface area contributed by atoms with Crippen molar-refractivity contribution in [1.29, 1.82) is 0 Å². The Labute approximate surface area is 163 Å². The van der Waals surface area contributed by atoms with Crippen LogP contribution in [-0.2, 0) is 13.0 Å².